The predicted molar refractivity (Wildman–Crippen MR) is 105 cm³/mol. The van der Waals surface area contributed by atoms with E-state index in [2.05, 4.69) is 0 Å². The maximum absolute atomic E-state index is 11.8. The predicted octanol–water partition coefficient (Wildman–Crippen LogP) is 4.16. The van der Waals surface area contributed by atoms with Crippen LogP contribution >= 0.6 is 0 Å². The molecule has 0 spiro atoms. The molecule has 0 aromatic rings. The highest BCUT2D eigenvalue weighted by atomic mass is 16.4. The molecule has 0 heterocycles. The summed E-state index contributed by atoms with van der Waals surface area (Å²) in [6.45, 7) is 0. The standard InChI is InChI=1S/C21H34O8/c22-16(23)12-20(13-17(24)25)10-8-6-4-2-1-3-5-7-9-11-21(20,14-18(26)27)15-19(28)29/h1-15H2,(H,22,23)(H,24,25)(H,26,27)(H,28,29). The van der Waals surface area contributed by atoms with E-state index < -0.39 is 60.4 Å². The molecular weight excluding hydrogens is 380 g/mol. The number of aliphatic carboxylic acids is 4. The average Bonchev–Trinajstić information content (AvgIpc) is 2.57. The number of rotatable bonds is 8. The van der Waals surface area contributed by atoms with Gasteiger partial charge in [0, 0.05) is 0 Å². The van der Waals surface area contributed by atoms with E-state index in [4.69, 9.17) is 0 Å². The lowest BCUT2D eigenvalue weighted by atomic mass is 9.53. The first-order valence-electron chi connectivity index (χ1n) is 10.5. The Balaban J connectivity index is 3.52. The first kappa shape index (κ1) is 24.9. The van der Waals surface area contributed by atoms with Crippen molar-refractivity contribution in [3.63, 3.8) is 0 Å². The van der Waals surface area contributed by atoms with Gasteiger partial charge in [0.1, 0.15) is 0 Å². The van der Waals surface area contributed by atoms with Crippen molar-refractivity contribution >= 4 is 23.9 Å². The molecule has 0 unspecified atom stereocenters. The van der Waals surface area contributed by atoms with Crippen LogP contribution in [0, 0.1) is 10.8 Å². The highest BCUT2D eigenvalue weighted by Gasteiger charge is 2.54. The molecular formula is C21H34O8. The first-order chi connectivity index (χ1) is 13.6. The van der Waals surface area contributed by atoms with Crippen molar-refractivity contribution in [1.29, 1.82) is 0 Å². The fourth-order valence-corrected chi connectivity index (χ4v) is 5.08. The Morgan fingerprint density at radius 2 is 0.655 bits per heavy atom. The summed E-state index contributed by atoms with van der Waals surface area (Å²) in [5.74, 6) is -4.90. The summed E-state index contributed by atoms with van der Waals surface area (Å²) >= 11 is 0. The second-order valence-electron chi connectivity index (χ2n) is 8.52. The number of hydrogen-bond donors (Lipinski definition) is 4. The second-order valence-corrected chi connectivity index (χ2v) is 8.52. The van der Waals surface area contributed by atoms with Crippen molar-refractivity contribution in [1.82, 2.24) is 0 Å². The van der Waals surface area contributed by atoms with Gasteiger partial charge in [-0.1, -0.05) is 57.8 Å². The summed E-state index contributed by atoms with van der Waals surface area (Å²) < 4.78 is 0. The lowest BCUT2D eigenvalue weighted by Gasteiger charge is -2.49. The zero-order chi connectivity index (χ0) is 21.9. The second kappa shape index (κ2) is 11.8. The average molecular weight is 414 g/mol. The monoisotopic (exact) mass is 414 g/mol. The van der Waals surface area contributed by atoms with Crippen LogP contribution in [-0.4, -0.2) is 44.3 Å². The molecule has 0 aromatic carbocycles. The Morgan fingerprint density at radius 1 is 0.448 bits per heavy atom. The first-order valence-corrected chi connectivity index (χ1v) is 10.5. The van der Waals surface area contributed by atoms with Gasteiger partial charge < -0.3 is 20.4 Å². The molecule has 1 fully saturated rings. The summed E-state index contributed by atoms with van der Waals surface area (Å²) in [7, 11) is 0. The maximum Gasteiger partial charge on any atom is 0.303 e. The van der Waals surface area contributed by atoms with Crippen LogP contribution in [0.4, 0.5) is 0 Å². The van der Waals surface area contributed by atoms with E-state index in [9.17, 15) is 39.6 Å². The quantitative estimate of drug-likeness (QED) is 0.462. The molecule has 1 saturated carbocycles. The lowest BCUT2D eigenvalue weighted by Crippen LogP contribution is -2.48. The van der Waals surface area contributed by atoms with Gasteiger partial charge >= 0.3 is 23.9 Å². The molecule has 0 bridgehead atoms. The Hall–Kier alpha value is -2.12. The highest BCUT2D eigenvalue weighted by molar-refractivity contribution is 5.76. The van der Waals surface area contributed by atoms with Crippen LogP contribution in [0.3, 0.4) is 0 Å². The van der Waals surface area contributed by atoms with Gasteiger partial charge in [0.25, 0.3) is 0 Å². The molecule has 4 N–H and O–H groups in total. The highest BCUT2D eigenvalue weighted by Crippen LogP contribution is 2.56. The summed E-state index contributed by atoms with van der Waals surface area (Å²) in [6.07, 6.45) is 6.03. The number of carboxylic acids is 4. The van der Waals surface area contributed by atoms with Crippen molar-refractivity contribution in [2.75, 3.05) is 0 Å². The SMILES string of the molecule is O=C(O)CC1(CC(=O)O)CCCCCCCCCCCC1(CC(=O)O)CC(=O)O. The van der Waals surface area contributed by atoms with Crippen molar-refractivity contribution in [2.24, 2.45) is 10.8 Å². The molecule has 1 rings (SSSR count). The molecule has 0 amide bonds. The third kappa shape index (κ3) is 8.03. The molecule has 29 heavy (non-hydrogen) atoms. The largest absolute Gasteiger partial charge is 0.481 e. The minimum Gasteiger partial charge on any atom is -0.481 e. The van der Waals surface area contributed by atoms with E-state index in [0.717, 1.165) is 44.9 Å². The Morgan fingerprint density at radius 3 is 0.862 bits per heavy atom. The molecule has 0 atom stereocenters. The molecule has 0 aromatic heterocycles. The van der Waals surface area contributed by atoms with E-state index in [1.54, 1.807) is 0 Å². The minimum atomic E-state index is -1.42. The Labute approximate surface area is 171 Å². The number of carboxylic acid groups (broad SMARTS) is 4. The van der Waals surface area contributed by atoms with Gasteiger partial charge in [0.05, 0.1) is 25.7 Å². The van der Waals surface area contributed by atoms with Crippen LogP contribution < -0.4 is 0 Å². The van der Waals surface area contributed by atoms with Gasteiger partial charge in [-0.3, -0.25) is 19.2 Å². The van der Waals surface area contributed by atoms with Crippen molar-refractivity contribution in [3.05, 3.63) is 0 Å². The minimum absolute atomic E-state index is 0.201. The maximum atomic E-state index is 11.8. The van der Waals surface area contributed by atoms with Gasteiger partial charge in [0.15, 0.2) is 0 Å². The van der Waals surface area contributed by atoms with Gasteiger partial charge in [-0.15, -0.1) is 0 Å². The zero-order valence-electron chi connectivity index (χ0n) is 17.0. The smallest absolute Gasteiger partial charge is 0.303 e. The Kier molecular flexibility index (Phi) is 10.1. The summed E-state index contributed by atoms with van der Waals surface area (Å²) in [4.78, 5) is 47.0. The zero-order valence-corrected chi connectivity index (χ0v) is 17.0. The van der Waals surface area contributed by atoms with Crippen LogP contribution in [0.25, 0.3) is 0 Å². The molecule has 166 valence electrons. The molecule has 1 aliphatic rings. The van der Waals surface area contributed by atoms with Crippen LogP contribution in [0.15, 0.2) is 0 Å². The van der Waals surface area contributed by atoms with Crippen molar-refractivity contribution in [2.45, 2.75) is 96.3 Å². The molecule has 8 heteroatoms. The summed E-state index contributed by atoms with van der Waals surface area (Å²) in [5, 5.41) is 38.4. The lowest BCUT2D eigenvalue weighted by molar-refractivity contribution is -0.163. The van der Waals surface area contributed by atoms with E-state index >= 15 is 0 Å². The third-order valence-corrected chi connectivity index (χ3v) is 6.39. The van der Waals surface area contributed by atoms with Crippen molar-refractivity contribution in [3.8, 4) is 0 Å². The normalized spacial score (nSPS) is 20.4. The van der Waals surface area contributed by atoms with Gasteiger partial charge in [-0.2, -0.15) is 0 Å². The van der Waals surface area contributed by atoms with Gasteiger partial charge in [0.2, 0.25) is 0 Å². The van der Waals surface area contributed by atoms with E-state index in [1.807, 2.05) is 0 Å². The van der Waals surface area contributed by atoms with E-state index in [1.165, 1.54) is 0 Å². The van der Waals surface area contributed by atoms with Crippen molar-refractivity contribution < 1.29 is 39.6 Å². The summed E-state index contributed by atoms with van der Waals surface area (Å²) in [6, 6.07) is 0. The van der Waals surface area contributed by atoms with Gasteiger partial charge in [-0.25, -0.2) is 0 Å². The molecule has 0 aliphatic heterocycles. The van der Waals surface area contributed by atoms with Gasteiger partial charge in [-0.05, 0) is 23.7 Å². The molecule has 0 radical (unpaired) electrons. The Bertz CT molecular complexity index is 501. The molecule has 0 saturated heterocycles. The fraction of sp³-hybridized carbons (Fsp3) is 0.810. The number of hydrogen-bond acceptors (Lipinski definition) is 4. The fourth-order valence-electron chi connectivity index (χ4n) is 5.08. The summed E-state index contributed by atoms with van der Waals surface area (Å²) in [5.41, 5.74) is -2.84. The number of carbonyl (C=O) groups is 4. The van der Waals surface area contributed by atoms with Crippen LogP contribution in [-0.2, 0) is 19.2 Å². The molecule has 1 aliphatic carbocycles. The van der Waals surface area contributed by atoms with E-state index in [0.29, 0.717) is 12.8 Å². The topological polar surface area (TPSA) is 149 Å². The van der Waals surface area contributed by atoms with E-state index in [-0.39, 0.29) is 12.8 Å². The van der Waals surface area contributed by atoms with Crippen LogP contribution in [0.1, 0.15) is 96.3 Å². The van der Waals surface area contributed by atoms with Crippen LogP contribution in [0.5, 0.6) is 0 Å². The third-order valence-electron chi connectivity index (χ3n) is 6.39. The van der Waals surface area contributed by atoms with Crippen LogP contribution in [0.2, 0.25) is 0 Å². The molecule has 8 nitrogen and oxygen atoms in total.